The van der Waals surface area contributed by atoms with Gasteiger partial charge in [-0.1, -0.05) is 18.2 Å². The van der Waals surface area contributed by atoms with Crippen molar-refractivity contribution < 1.29 is 19.0 Å². The van der Waals surface area contributed by atoms with Crippen LogP contribution < -0.4 is 14.2 Å². The molecule has 0 aromatic heterocycles. The molecule has 0 spiro atoms. The second kappa shape index (κ2) is 6.47. The second-order valence-electron chi connectivity index (χ2n) is 5.24. The molecule has 120 valence electrons. The Morgan fingerprint density at radius 1 is 1.29 bits per heavy atom. The molecule has 1 heterocycles. The number of nitrogens with zero attached hydrogens (tertiary/aromatic N) is 1. The molecule has 0 fully saturated rings. The molecule has 0 saturated heterocycles. The van der Waals surface area contributed by atoms with Gasteiger partial charge in [-0.15, -0.1) is 0 Å². The van der Waals surface area contributed by atoms with Gasteiger partial charge >= 0.3 is 0 Å². The summed E-state index contributed by atoms with van der Waals surface area (Å²) < 4.78 is 16.3. The number of nitriles is 1. The van der Waals surface area contributed by atoms with Gasteiger partial charge in [-0.05, 0) is 30.7 Å². The molecule has 3 rings (SSSR count). The highest BCUT2D eigenvalue weighted by Gasteiger charge is 2.30. The number of rotatable bonds is 4. The van der Waals surface area contributed by atoms with E-state index in [0.29, 0.717) is 22.8 Å². The predicted octanol–water partition coefficient (Wildman–Crippen LogP) is 3.52. The van der Waals surface area contributed by atoms with Crippen molar-refractivity contribution in [3.8, 4) is 23.3 Å². The van der Waals surface area contributed by atoms with Gasteiger partial charge in [-0.3, -0.25) is 4.79 Å². The maximum absolute atomic E-state index is 12.6. The van der Waals surface area contributed by atoms with Crippen LogP contribution in [0.2, 0.25) is 0 Å². The lowest BCUT2D eigenvalue weighted by atomic mass is 10.0. The van der Waals surface area contributed by atoms with Crippen LogP contribution in [0.3, 0.4) is 0 Å². The fourth-order valence-electron chi connectivity index (χ4n) is 2.60. The van der Waals surface area contributed by atoms with Gasteiger partial charge in [0, 0.05) is 11.6 Å². The first-order valence-electron chi connectivity index (χ1n) is 7.35. The lowest BCUT2D eigenvalue weighted by Gasteiger charge is -2.06. The fourth-order valence-corrected chi connectivity index (χ4v) is 2.60. The maximum Gasteiger partial charge on any atom is 0.232 e. The molecule has 0 aliphatic carbocycles. The second-order valence-corrected chi connectivity index (χ2v) is 5.24. The van der Waals surface area contributed by atoms with Crippen LogP contribution in [-0.4, -0.2) is 19.5 Å². The number of methoxy groups -OCH3 is 1. The standard InChI is InChI=1S/C19H15NO4/c1-12-9-14(23-8-7-20)11-16-18(12)19(21)17(24-16)10-13-5-3-4-6-15(13)22-2/h3-6,9-11H,8H2,1-2H3/b17-10-. The van der Waals surface area contributed by atoms with E-state index in [1.165, 1.54) is 0 Å². The van der Waals surface area contributed by atoms with E-state index in [9.17, 15) is 4.79 Å². The number of para-hydroxylation sites is 1. The lowest BCUT2D eigenvalue weighted by Crippen LogP contribution is -2.00. The molecule has 2 aromatic carbocycles. The predicted molar refractivity (Wildman–Crippen MR) is 88.2 cm³/mol. The van der Waals surface area contributed by atoms with Crippen LogP contribution in [0.5, 0.6) is 17.2 Å². The number of hydrogen-bond donors (Lipinski definition) is 0. The van der Waals surface area contributed by atoms with Crippen LogP contribution in [0.1, 0.15) is 21.5 Å². The third-order valence-corrected chi connectivity index (χ3v) is 3.67. The van der Waals surface area contributed by atoms with Gasteiger partial charge in [0.15, 0.2) is 12.4 Å². The molecule has 0 bridgehead atoms. The van der Waals surface area contributed by atoms with Gasteiger partial charge in [0.2, 0.25) is 5.78 Å². The van der Waals surface area contributed by atoms with Crippen LogP contribution >= 0.6 is 0 Å². The fraction of sp³-hybridized carbons (Fsp3) is 0.158. The minimum atomic E-state index is -0.180. The summed E-state index contributed by atoms with van der Waals surface area (Å²) in [6.07, 6.45) is 1.66. The Kier molecular flexibility index (Phi) is 4.21. The van der Waals surface area contributed by atoms with Crippen molar-refractivity contribution >= 4 is 11.9 Å². The average Bonchev–Trinajstić information content (AvgIpc) is 2.89. The molecule has 2 aromatic rings. The summed E-state index contributed by atoms with van der Waals surface area (Å²) in [6.45, 7) is 1.75. The van der Waals surface area contributed by atoms with Crippen molar-refractivity contribution in [2.24, 2.45) is 0 Å². The zero-order chi connectivity index (χ0) is 17.1. The van der Waals surface area contributed by atoms with Crippen LogP contribution in [0.4, 0.5) is 0 Å². The maximum atomic E-state index is 12.6. The van der Waals surface area contributed by atoms with E-state index in [1.54, 1.807) is 25.3 Å². The number of allylic oxidation sites excluding steroid dienone is 1. The molecule has 1 aliphatic rings. The highest BCUT2D eigenvalue weighted by molar-refractivity contribution is 6.15. The third kappa shape index (κ3) is 2.82. The molecule has 0 N–H and O–H groups in total. The molecule has 0 radical (unpaired) electrons. The van der Waals surface area contributed by atoms with Crippen molar-refractivity contribution in [2.75, 3.05) is 13.7 Å². The molecule has 0 unspecified atom stereocenters. The van der Waals surface area contributed by atoms with E-state index in [2.05, 4.69) is 0 Å². The van der Waals surface area contributed by atoms with Crippen molar-refractivity contribution in [2.45, 2.75) is 6.92 Å². The van der Waals surface area contributed by atoms with E-state index < -0.39 is 0 Å². The molecular formula is C19H15NO4. The minimum absolute atomic E-state index is 0.0594. The van der Waals surface area contributed by atoms with Crippen molar-refractivity contribution in [3.05, 3.63) is 58.8 Å². The molecule has 5 heteroatoms. The molecular weight excluding hydrogens is 306 g/mol. The molecule has 1 aliphatic heterocycles. The van der Waals surface area contributed by atoms with Gasteiger partial charge < -0.3 is 14.2 Å². The monoisotopic (exact) mass is 321 g/mol. The van der Waals surface area contributed by atoms with E-state index in [4.69, 9.17) is 19.5 Å². The van der Waals surface area contributed by atoms with Gasteiger partial charge in [0.25, 0.3) is 0 Å². The first-order chi connectivity index (χ1) is 11.6. The number of carbonyl (C=O) groups excluding carboxylic acids is 1. The van der Waals surface area contributed by atoms with Gasteiger partial charge in [-0.25, -0.2) is 0 Å². The smallest absolute Gasteiger partial charge is 0.232 e. The van der Waals surface area contributed by atoms with Crippen LogP contribution in [0, 0.1) is 18.3 Å². The Balaban J connectivity index is 1.97. The number of benzene rings is 2. The summed E-state index contributed by atoms with van der Waals surface area (Å²) >= 11 is 0. The Bertz CT molecular complexity index is 877. The summed E-state index contributed by atoms with van der Waals surface area (Å²) in [7, 11) is 1.58. The van der Waals surface area contributed by atoms with Crippen LogP contribution in [0.15, 0.2) is 42.2 Å². The molecule has 5 nitrogen and oxygen atoms in total. The van der Waals surface area contributed by atoms with E-state index in [1.807, 2.05) is 37.3 Å². The van der Waals surface area contributed by atoms with Gasteiger partial charge in [0.1, 0.15) is 23.3 Å². The van der Waals surface area contributed by atoms with Crippen molar-refractivity contribution in [1.82, 2.24) is 0 Å². The highest BCUT2D eigenvalue weighted by atomic mass is 16.5. The molecule has 0 atom stereocenters. The van der Waals surface area contributed by atoms with Gasteiger partial charge in [-0.2, -0.15) is 5.26 Å². The Hall–Kier alpha value is -3.26. The zero-order valence-corrected chi connectivity index (χ0v) is 13.3. The number of carbonyl (C=O) groups is 1. The number of hydrogen-bond acceptors (Lipinski definition) is 5. The first kappa shape index (κ1) is 15.6. The normalized spacial score (nSPS) is 14.0. The van der Waals surface area contributed by atoms with Gasteiger partial charge in [0.05, 0.1) is 12.7 Å². The van der Waals surface area contributed by atoms with Crippen LogP contribution in [0.25, 0.3) is 6.08 Å². The lowest BCUT2D eigenvalue weighted by molar-refractivity contribution is 0.101. The number of fused-ring (bicyclic) bond motifs is 1. The number of Topliss-reactive ketones (excluding diaryl/α,β-unsaturated/α-hetero) is 1. The Morgan fingerprint density at radius 2 is 2.08 bits per heavy atom. The minimum Gasteiger partial charge on any atom is -0.496 e. The van der Waals surface area contributed by atoms with E-state index >= 15 is 0 Å². The number of aryl methyl sites for hydroxylation is 1. The topological polar surface area (TPSA) is 68.6 Å². The average molecular weight is 321 g/mol. The number of ketones is 1. The first-order valence-corrected chi connectivity index (χ1v) is 7.35. The van der Waals surface area contributed by atoms with Crippen molar-refractivity contribution in [1.29, 1.82) is 5.26 Å². The van der Waals surface area contributed by atoms with Crippen LogP contribution in [-0.2, 0) is 0 Å². The molecule has 0 amide bonds. The molecule has 24 heavy (non-hydrogen) atoms. The summed E-state index contributed by atoms with van der Waals surface area (Å²) in [5.41, 5.74) is 2.02. The van der Waals surface area contributed by atoms with E-state index in [-0.39, 0.29) is 18.1 Å². The summed E-state index contributed by atoms with van der Waals surface area (Å²) in [6, 6.07) is 12.6. The number of ether oxygens (including phenoxy) is 3. The summed E-state index contributed by atoms with van der Waals surface area (Å²) in [5.74, 6) is 1.65. The highest BCUT2D eigenvalue weighted by Crippen LogP contribution is 2.38. The van der Waals surface area contributed by atoms with Crippen molar-refractivity contribution in [3.63, 3.8) is 0 Å². The largest absolute Gasteiger partial charge is 0.496 e. The third-order valence-electron chi connectivity index (χ3n) is 3.67. The molecule has 0 saturated carbocycles. The Morgan fingerprint density at radius 3 is 2.83 bits per heavy atom. The quantitative estimate of drug-likeness (QED) is 0.806. The Labute approximate surface area is 139 Å². The summed E-state index contributed by atoms with van der Waals surface area (Å²) in [5, 5.41) is 8.61. The summed E-state index contributed by atoms with van der Waals surface area (Å²) in [4.78, 5) is 12.6. The SMILES string of the molecule is COc1ccccc1/C=C1\Oc2cc(OCC#N)cc(C)c2C1=O. The van der Waals surface area contributed by atoms with E-state index in [0.717, 1.165) is 11.1 Å². The zero-order valence-electron chi connectivity index (χ0n) is 13.3.